The summed E-state index contributed by atoms with van der Waals surface area (Å²) in [5.74, 6) is -0.151. The fraction of sp³-hybridized carbons (Fsp3) is 0.423. The lowest BCUT2D eigenvalue weighted by atomic mass is 10.0. The van der Waals surface area contributed by atoms with E-state index in [-0.39, 0.29) is 54.2 Å². The number of halogens is 9. The number of anilines is 2. The summed E-state index contributed by atoms with van der Waals surface area (Å²) in [6.07, 6.45) is -12.8. The van der Waals surface area contributed by atoms with Crippen molar-refractivity contribution >= 4 is 23.0 Å². The molecule has 0 fully saturated rings. The number of alkyl halides is 9. The van der Waals surface area contributed by atoms with Crippen molar-refractivity contribution in [2.75, 3.05) is 16.3 Å². The number of rotatable bonds is 6. The van der Waals surface area contributed by atoms with Crippen molar-refractivity contribution in [3.05, 3.63) is 74.5 Å². The van der Waals surface area contributed by atoms with E-state index in [1.165, 1.54) is 30.2 Å². The number of fused-ring (bicyclic) bond motifs is 1. The van der Waals surface area contributed by atoms with Gasteiger partial charge in [-0.25, -0.2) is 4.98 Å². The standard InChI is InChI=1S/C26H23F9N8S/c1-14-18(26(33,34)35)11-20-22(37-14)19(4-3-6-42(20)13-21-36-5-7-44-21)43(23-38-40-41(2)39-23)12-15-8-16(24(27,28)29)10-17(9-15)25(30,31)32/h5,7-11,19H,3-4,6,12-13H2,1-2H3. The molecule has 1 aliphatic heterocycles. The molecule has 5 rings (SSSR count). The molecule has 4 heterocycles. The number of benzene rings is 1. The van der Waals surface area contributed by atoms with E-state index in [0.717, 1.165) is 10.9 Å². The van der Waals surface area contributed by atoms with E-state index in [9.17, 15) is 39.5 Å². The predicted molar refractivity (Wildman–Crippen MR) is 141 cm³/mol. The molecule has 1 unspecified atom stereocenters. The van der Waals surface area contributed by atoms with Crippen LogP contribution in [0.5, 0.6) is 0 Å². The van der Waals surface area contributed by atoms with Crippen LogP contribution >= 0.6 is 11.3 Å². The zero-order chi connectivity index (χ0) is 32.0. The fourth-order valence-electron chi connectivity index (χ4n) is 5.11. The van der Waals surface area contributed by atoms with E-state index in [1.54, 1.807) is 16.5 Å². The largest absolute Gasteiger partial charge is 0.418 e. The monoisotopic (exact) mass is 650 g/mol. The van der Waals surface area contributed by atoms with E-state index in [1.807, 2.05) is 0 Å². The molecule has 0 spiro atoms. The molecule has 0 bridgehead atoms. The van der Waals surface area contributed by atoms with E-state index in [0.29, 0.717) is 23.6 Å². The Morgan fingerprint density at radius 3 is 2.18 bits per heavy atom. The molecule has 0 amide bonds. The maximum Gasteiger partial charge on any atom is 0.418 e. The first-order chi connectivity index (χ1) is 20.5. The number of pyridine rings is 1. The van der Waals surface area contributed by atoms with Gasteiger partial charge in [0.15, 0.2) is 0 Å². The van der Waals surface area contributed by atoms with Crippen LogP contribution < -0.4 is 9.80 Å². The molecule has 1 aromatic carbocycles. The Balaban J connectivity index is 1.67. The van der Waals surface area contributed by atoms with Crippen LogP contribution in [0.1, 0.15) is 57.5 Å². The third-order valence-corrected chi connectivity index (χ3v) is 7.79. The number of hydrogen-bond donors (Lipinski definition) is 0. The van der Waals surface area contributed by atoms with Crippen LogP contribution in [0.25, 0.3) is 0 Å². The van der Waals surface area contributed by atoms with E-state index >= 15 is 0 Å². The van der Waals surface area contributed by atoms with E-state index in [4.69, 9.17) is 0 Å². The molecule has 44 heavy (non-hydrogen) atoms. The second kappa shape index (κ2) is 11.5. The fourth-order valence-corrected chi connectivity index (χ4v) is 5.74. The molecular formula is C26H23F9N8S. The lowest BCUT2D eigenvalue weighted by Gasteiger charge is -2.32. The Kier molecular flexibility index (Phi) is 8.24. The van der Waals surface area contributed by atoms with Crippen LogP contribution in [-0.4, -0.2) is 36.7 Å². The highest BCUT2D eigenvalue weighted by Gasteiger charge is 2.40. The molecule has 1 aliphatic rings. The Bertz CT molecular complexity index is 1580. The smallest absolute Gasteiger partial charge is 0.363 e. The quantitative estimate of drug-likeness (QED) is 0.209. The van der Waals surface area contributed by atoms with Gasteiger partial charge >= 0.3 is 18.5 Å². The van der Waals surface area contributed by atoms with Crippen molar-refractivity contribution in [2.24, 2.45) is 7.05 Å². The Hall–Kier alpha value is -3.96. The highest BCUT2D eigenvalue weighted by molar-refractivity contribution is 7.09. The van der Waals surface area contributed by atoms with Gasteiger partial charge in [0, 0.05) is 24.7 Å². The van der Waals surface area contributed by atoms with E-state index in [2.05, 4.69) is 25.4 Å². The summed E-state index contributed by atoms with van der Waals surface area (Å²) >= 11 is 1.31. The molecule has 1 atom stereocenters. The number of aryl methyl sites for hydroxylation is 2. The lowest BCUT2D eigenvalue weighted by molar-refractivity contribution is -0.143. The SMILES string of the molecule is Cc1nc2c(cc1C(F)(F)F)N(Cc1nccs1)CCCC2N(Cc1cc(C(F)(F)F)cc(C(F)(F)F)c1)c1nnn(C)n1. The average Bonchev–Trinajstić information content (AvgIpc) is 3.55. The summed E-state index contributed by atoms with van der Waals surface area (Å²) in [5, 5.41) is 14.2. The molecule has 0 saturated heterocycles. The van der Waals surface area contributed by atoms with Gasteiger partial charge in [0.2, 0.25) is 0 Å². The van der Waals surface area contributed by atoms with Crippen LogP contribution in [-0.2, 0) is 38.7 Å². The van der Waals surface area contributed by atoms with Crippen LogP contribution in [0.3, 0.4) is 0 Å². The van der Waals surface area contributed by atoms with Crippen molar-refractivity contribution in [1.29, 1.82) is 0 Å². The Morgan fingerprint density at radius 2 is 1.64 bits per heavy atom. The van der Waals surface area contributed by atoms with Crippen molar-refractivity contribution in [3.8, 4) is 0 Å². The highest BCUT2D eigenvalue weighted by Crippen LogP contribution is 2.43. The Labute approximate surface area is 248 Å². The molecular weight excluding hydrogens is 627 g/mol. The molecule has 0 aliphatic carbocycles. The van der Waals surface area contributed by atoms with Crippen LogP contribution in [0.15, 0.2) is 35.8 Å². The van der Waals surface area contributed by atoms with Crippen LogP contribution in [0.4, 0.5) is 51.1 Å². The average molecular weight is 651 g/mol. The van der Waals surface area contributed by atoms with Gasteiger partial charge in [0.25, 0.3) is 5.95 Å². The number of nitrogens with zero attached hydrogens (tertiary/aromatic N) is 8. The van der Waals surface area contributed by atoms with Gasteiger partial charge in [0.1, 0.15) is 5.01 Å². The minimum absolute atomic E-state index is 0.0232. The second-order valence-corrected chi connectivity index (χ2v) is 11.1. The van der Waals surface area contributed by atoms with Crippen LogP contribution in [0.2, 0.25) is 0 Å². The van der Waals surface area contributed by atoms with Gasteiger partial charge in [-0.05, 0) is 54.8 Å². The highest BCUT2D eigenvalue weighted by atomic mass is 32.1. The molecule has 8 nitrogen and oxygen atoms in total. The lowest BCUT2D eigenvalue weighted by Crippen LogP contribution is -2.31. The molecule has 3 aromatic heterocycles. The summed E-state index contributed by atoms with van der Waals surface area (Å²) in [7, 11) is 1.41. The molecule has 4 aromatic rings. The third-order valence-electron chi connectivity index (χ3n) is 7.03. The molecule has 0 N–H and O–H groups in total. The maximum atomic E-state index is 14.0. The van der Waals surface area contributed by atoms with Gasteiger partial charge in [0.05, 0.1) is 53.4 Å². The number of tetrazole rings is 1. The topological polar surface area (TPSA) is 75.9 Å². The van der Waals surface area contributed by atoms with Crippen LogP contribution in [0, 0.1) is 6.92 Å². The summed E-state index contributed by atoms with van der Waals surface area (Å²) in [4.78, 5) is 12.6. The number of aromatic nitrogens is 6. The van der Waals surface area contributed by atoms with E-state index < -0.39 is 47.8 Å². The number of hydrogen-bond acceptors (Lipinski definition) is 8. The van der Waals surface area contributed by atoms with Gasteiger partial charge in [-0.2, -0.15) is 44.3 Å². The molecule has 236 valence electrons. The molecule has 0 radical (unpaired) electrons. The van der Waals surface area contributed by atoms with Crippen molar-refractivity contribution in [1.82, 2.24) is 30.2 Å². The minimum Gasteiger partial charge on any atom is -0.363 e. The van der Waals surface area contributed by atoms with Crippen molar-refractivity contribution in [3.63, 3.8) is 0 Å². The minimum atomic E-state index is -5.08. The van der Waals surface area contributed by atoms with Gasteiger partial charge in [-0.3, -0.25) is 4.98 Å². The summed E-state index contributed by atoms with van der Waals surface area (Å²) in [6, 6.07) is 1.24. The molecule has 18 heteroatoms. The first-order valence-electron chi connectivity index (χ1n) is 13.0. The summed E-state index contributed by atoms with van der Waals surface area (Å²) in [6.45, 7) is 1.06. The predicted octanol–water partition coefficient (Wildman–Crippen LogP) is 6.97. The maximum absolute atomic E-state index is 14.0. The normalized spacial score (nSPS) is 16.2. The summed E-state index contributed by atoms with van der Waals surface area (Å²) in [5.41, 5.74) is -4.45. The summed E-state index contributed by atoms with van der Waals surface area (Å²) < 4.78 is 124. The second-order valence-electron chi connectivity index (χ2n) is 10.1. The Morgan fingerprint density at radius 1 is 0.955 bits per heavy atom. The number of thiazole rings is 1. The molecule has 0 saturated carbocycles. The third kappa shape index (κ3) is 6.73. The zero-order valence-electron chi connectivity index (χ0n) is 23.0. The van der Waals surface area contributed by atoms with Gasteiger partial charge in [-0.1, -0.05) is 5.10 Å². The zero-order valence-corrected chi connectivity index (χ0v) is 23.8. The first-order valence-corrected chi connectivity index (χ1v) is 13.9. The first kappa shape index (κ1) is 31.5. The van der Waals surface area contributed by atoms with Crippen molar-refractivity contribution in [2.45, 2.75) is 57.4 Å². The van der Waals surface area contributed by atoms with Gasteiger partial charge < -0.3 is 9.80 Å². The van der Waals surface area contributed by atoms with Gasteiger partial charge in [-0.15, -0.1) is 16.4 Å². The van der Waals surface area contributed by atoms with Crippen molar-refractivity contribution < 1.29 is 39.5 Å².